The van der Waals surface area contributed by atoms with E-state index in [1.807, 2.05) is 24.3 Å². The summed E-state index contributed by atoms with van der Waals surface area (Å²) in [5.41, 5.74) is 4.44. The molecule has 7 nitrogen and oxygen atoms in total. The highest BCUT2D eigenvalue weighted by molar-refractivity contribution is 7.89. The van der Waals surface area contributed by atoms with Crippen LogP contribution in [0.25, 0.3) is 0 Å². The molecule has 0 bridgehead atoms. The molecule has 188 valence electrons. The maximum absolute atomic E-state index is 13.2. The molecule has 0 radical (unpaired) electrons. The summed E-state index contributed by atoms with van der Waals surface area (Å²) in [6.45, 7) is 5.91. The SMILES string of the molecule is CN1CCN(Cc2cccc(NC(=O)C3CCN(S(=O)(=O)c4ccc5c(c4)CCC5)CC3)c2)CC1. The molecule has 2 saturated heterocycles. The molecule has 2 aliphatic heterocycles. The van der Waals surface area contributed by atoms with Crippen molar-refractivity contribution in [3.8, 4) is 0 Å². The van der Waals surface area contributed by atoms with Gasteiger partial charge in [0.25, 0.3) is 0 Å². The maximum atomic E-state index is 13.2. The number of benzene rings is 2. The molecule has 3 aliphatic rings. The van der Waals surface area contributed by atoms with Gasteiger partial charge in [0, 0.05) is 57.4 Å². The zero-order valence-electron chi connectivity index (χ0n) is 20.6. The van der Waals surface area contributed by atoms with Crippen LogP contribution in [0.5, 0.6) is 0 Å². The first-order chi connectivity index (χ1) is 16.9. The molecule has 0 saturated carbocycles. The van der Waals surface area contributed by atoms with Crippen molar-refractivity contribution in [1.82, 2.24) is 14.1 Å². The van der Waals surface area contributed by atoms with E-state index in [0.29, 0.717) is 30.8 Å². The number of rotatable bonds is 6. The van der Waals surface area contributed by atoms with Gasteiger partial charge in [0.15, 0.2) is 0 Å². The summed E-state index contributed by atoms with van der Waals surface area (Å²) in [5.74, 6) is -0.195. The summed E-state index contributed by atoms with van der Waals surface area (Å²) in [7, 11) is -1.37. The number of amides is 1. The van der Waals surface area contributed by atoms with Crippen molar-refractivity contribution in [2.24, 2.45) is 5.92 Å². The van der Waals surface area contributed by atoms with Gasteiger partial charge in [-0.15, -0.1) is 0 Å². The number of carbonyl (C=O) groups excluding carboxylic acids is 1. The Hall–Kier alpha value is -2.26. The van der Waals surface area contributed by atoms with E-state index in [9.17, 15) is 13.2 Å². The summed E-state index contributed by atoms with van der Waals surface area (Å²) in [5, 5.41) is 3.08. The smallest absolute Gasteiger partial charge is 0.243 e. The number of anilines is 1. The van der Waals surface area contributed by atoms with E-state index in [1.54, 1.807) is 10.4 Å². The van der Waals surface area contributed by atoms with E-state index in [0.717, 1.165) is 63.2 Å². The molecule has 2 aromatic rings. The number of likely N-dealkylation sites (N-methyl/N-ethyl adjacent to an activating group) is 1. The summed E-state index contributed by atoms with van der Waals surface area (Å²) in [6.07, 6.45) is 4.17. The van der Waals surface area contributed by atoms with E-state index in [4.69, 9.17) is 0 Å². The second-order valence-corrected chi connectivity index (χ2v) is 12.2. The Balaban J connectivity index is 1.15. The van der Waals surface area contributed by atoms with Gasteiger partial charge in [-0.05, 0) is 80.1 Å². The lowest BCUT2D eigenvalue weighted by molar-refractivity contribution is -0.120. The van der Waals surface area contributed by atoms with Crippen molar-refractivity contribution in [3.63, 3.8) is 0 Å². The minimum atomic E-state index is -3.52. The minimum absolute atomic E-state index is 0.0173. The van der Waals surface area contributed by atoms with Crippen molar-refractivity contribution < 1.29 is 13.2 Å². The number of nitrogens with zero attached hydrogens (tertiary/aromatic N) is 3. The molecule has 5 rings (SSSR count). The van der Waals surface area contributed by atoms with Gasteiger partial charge < -0.3 is 10.2 Å². The topological polar surface area (TPSA) is 73.0 Å². The molecule has 0 spiro atoms. The first-order valence-corrected chi connectivity index (χ1v) is 14.3. The van der Waals surface area contributed by atoms with Gasteiger partial charge in [-0.2, -0.15) is 4.31 Å². The number of hydrogen-bond donors (Lipinski definition) is 1. The Morgan fingerprint density at radius 3 is 2.46 bits per heavy atom. The number of carbonyl (C=O) groups is 1. The molecule has 1 amide bonds. The lowest BCUT2D eigenvalue weighted by Gasteiger charge is -2.32. The zero-order valence-corrected chi connectivity index (χ0v) is 21.4. The third-order valence-corrected chi connectivity index (χ3v) is 9.62. The highest BCUT2D eigenvalue weighted by atomic mass is 32.2. The van der Waals surface area contributed by atoms with Gasteiger partial charge in [0.2, 0.25) is 15.9 Å². The molecule has 2 aromatic carbocycles. The first-order valence-electron chi connectivity index (χ1n) is 12.8. The van der Waals surface area contributed by atoms with Crippen LogP contribution in [0.1, 0.15) is 36.0 Å². The van der Waals surface area contributed by atoms with E-state index in [-0.39, 0.29) is 11.8 Å². The van der Waals surface area contributed by atoms with E-state index < -0.39 is 10.0 Å². The van der Waals surface area contributed by atoms with E-state index in [1.165, 1.54) is 11.1 Å². The number of fused-ring (bicyclic) bond motifs is 1. The predicted octanol–water partition coefficient (Wildman–Crippen LogP) is 2.96. The number of aryl methyl sites for hydroxylation is 2. The second-order valence-electron chi connectivity index (χ2n) is 10.2. The summed E-state index contributed by atoms with van der Waals surface area (Å²) < 4.78 is 27.9. The third kappa shape index (κ3) is 5.61. The summed E-state index contributed by atoms with van der Waals surface area (Å²) in [4.78, 5) is 18.1. The van der Waals surface area contributed by atoms with E-state index >= 15 is 0 Å². The zero-order chi connectivity index (χ0) is 24.4. The van der Waals surface area contributed by atoms with Gasteiger partial charge in [0.1, 0.15) is 0 Å². The Kier molecular flexibility index (Phi) is 7.25. The fourth-order valence-corrected chi connectivity index (χ4v) is 6.99. The van der Waals surface area contributed by atoms with Crippen molar-refractivity contribution in [3.05, 3.63) is 59.2 Å². The van der Waals surface area contributed by atoms with Crippen LogP contribution < -0.4 is 5.32 Å². The highest BCUT2D eigenvalue weighted by Gasteiger charge is 2.32. The molecule has 2 fully saturated rings. The van der Waals surface area contributed by atoms with Crippen LogP contribution in [-0.4, -0.2) is 74.7 Å². The Morgan fingerprint density at radius 2 is 1.69 bits per heavy atom. The molecule has 0 aromatic heterocycles. The van der Waals surface area contributed by atoms with Crippen molar-refractivity contribution in [1.29, 1.82) is 0 Å². The Labute approximate surface area is 209 Å². The summed E-state index contributed by atoms with van der Waals surface area (Å²) >= 11 is 0. The Bertz CT molecular complexity index is 1170. The summed E-state index contributed by atoms with van der Waals surface area (Å²) in [6, 6.07) is 13.7. The Morgan fingerprint density at radius 1 is 0.943 bits per heavy atom. The lowest BCUT2D eigenvalue weighted by Crippen LogP contribution is -2.43. The van der Waals surface area contributed by atoms with Gasteiger partial charge >= 0.3 is 0 Å². The monoisotopic (exact) mass is 496 g/mol. The van der Waals surface area contributed by atoms with Gasteiger partial charge in [0.05, 0.1) is 4.90 Å². The van der Waals surface area contributed by atoms with Crippen LogP contribution in [0.3, 0.4) is 0 Å². The number of hydrogen-bond acceptors (Lipinski definition) is 5. The fraction of sp³-hybridized carbons (Fsp3) is 0.519. The molecule has 8 heteroatoms. The largest absolute Gasteiger partial charge is 0.326 e. The standard InChI is InChI=1S/C27H36N4O3S/c1-29-14-16-30(17-15-29)20-21-4-2-7-25(18-21)28-27(32)23-10-12-31(13-11-23)35(33,34)26-9-8-22-5-3-6-24(22)19-26/h2,4,7-9,18-19,23H,3,5-6,10-17,20H2,1H3,(H,28,32). The number of piperidine rings is 1. The van der Waals surface area contributed by atoms with Gasteiger partial charge in [-0.25, -0.2) is 8.42 Å². The van der Waals surface area contributed by atoms with Crippen LogP contribution in [0.15, 0.2) is 47.4 Å². The second kappa shape index (κ2) is 10.4. The number of sulfonamides is 1. The average molecular weight is 497 g/mol. The van der Waals surface area contributed by atoms with Crippen molar-refractivity contribution in [2.75, 3.05) is 51.6 Å². The lowest BCUT2D eigenvalue weighted by atomic mass is 9.97. The fourth-order valence-electron chi connectivity index (χ4n) is 5.47. The van der Waals surface area contributed by atoms with Crippen LogP contribution >= 0.6 is 0 Å². The van der Waals surface area contributed by atoms with Crippen LogP contribution in [-0.2, 0) is 34.2 Å². The molecular formula is C27H36N4O3S. The van der Waals surface area contributed by atoms with Gasteiger partial charge in [-0.3, -0.25) is 9.69 Å². The van der Waals surface area contributed by atoms with Crippen LogP contribution in [0.2, 0.25) is 0 Å². The number of piperazine rings is 1. The van der Waals surface area contributed by atoms with Gasteiger partial charge in [-0.1, -0.05) is 18.2 Å². The highest BCUT2D eigenvalue weighted by Crippen LogP contribution is 2.29. The first kappa shape index (κ1) is 24.4. The van der Waals surface area contributed by atoms with Crippen molar-refractivity contribution in [2.45, 2.75) is 43.5 Å². The average Bonchev–Trinajstić information content (AvgIpc) is 3.34. The molecule has 2 heterocycles. The van der Waals surface area contributed by atoms with Crippen LogP contribution in [0, 0.1) is 5.92 Å². The van der Waals surface area contributed by atoms with Crippen molar-refractivity contribution >= 4 is 21.6 Å². The predicted molar refractivity (Wildman–Crippen MR) is 138 cm³/mol. The maximum Gasteiger partial charge on any atom is 0.243 e. The molecule has 1 aliphatic carbocycles. The third-order valence-electron chi connectivity index (χ3n) is 7.73. The molecule has 0 unspecified atom stereocenters. The quantitative estimate of drug-likeness (QED) is 0.666. The molecule has 0 atom stereocenters. The minimum Gasteiger partial charge on any atom is -0.326 e. The van der Waals surface area contributed by atoms with E-state index in [2.05, 4.69) is 34.3 Å². The number of nitrogens with one attached hydrogen (secondary N) is 1. The molecule has 35 heavy (non-hydrogen) atoms. The normalized spacial score (nSPS) is 20.6. The molecular weight excluding hydrogens is 460 g/mol. The van der Waals surface area contributed by atoms with Crippen LogP contribution in [0.4, 0.5) is 5.69 Å². The molecule has 1 N–H and O–H groups in total.